The first-order valence-electron chi connectivity index (χ1n) is 7.35. The predicted octanol–water partition coefficient (Wildman–Crippen LogP) is 1.35. The predicted molar refractivity (Wildman–Crippen MR) is 75.3 cm³/mol. The first-order chi connectivity index (χ1) is 8.61. The molecule has 1 fully saturated rings. The first-order valence-corrected chi connectivity index (χ1v) is 7.35. The summed E-state index contributed by atoms with van der Waals surface area (Å²) < 4.78 is 0. The van der Waals surface area contributed by atoms with E-state index >= 15 is 0 Å². The number of nitrogens with one attached hydrogen (secondary N) is 1. The smallest absolute Gasteiger partial charge is 0.237 e. The minimum Gasteiger partial charge on any atom is -0.355 e. The third-order valence-electron chi connectivity index (χ3n) is 4.12. The van der Waals surface area contributed by atoms with E-state index in [2.05, 4.69) is 24.1 Å². The number of carbonyl (C=O) groups excluding carboxylic acids is 1. The number of hydrogen-bond donors (Lipinski definition) is 2. The molecule has 1 rings (SSSR count). The van der Waals surface area contributed by atoms with E-state index in [1.807, 2.05) is 6.92 Å². The maximum Gasteiger partial charge on any atom is 0.237 e. The Kier molecular flexibility index (Phi) is 6.65. The third-order valence-corrected chi connectivity index (χ3v) is 4.12. The van der Waals surface area contributed by atoms with Crippen LogP contribution in [0.4, 0.5) is 0 Å². The Morgan fingerprint density at radius 1 is 1.50 bits per heavy atom. The molecule has 0 aliphatic carbocycles. The quantitative estimate of drug-likeness (QED) is 0.675. The fraction of sp³-hybridized carbons (Fsp3) is 0.929. The van der Waals surface area contributed by atoms with Crippen molar-refractivity contribution < 1.29 is 4.79 Å². The van der Waals surface area contributed by atoms with Crippen molar-refractivity contribution >= 4 is 5.91 Å². The van der Waals surface area contributed by atoms with Gasteiger partial charge in [0.2, 0.25) is 5.91 Å². The summed E-state index contributed by atoms with van der Waals surface area (Å²) in [7, 11) is 0. The molecule has 3 atom stereocenters. The molecule has 1 heterocycles. The molecule has 0 spiro atoms. The van der Waals surface area contributed by atoms with Crippen LogP contribution in [0.1, 0.15) is 46.5 Å². The Morgan fingerprint density at radius 3 is 2.83 bits per heavy atom. The van der Waals surface area contributed by atoms with Gasteiger partial charge in [0, 0.05) is 19.1 Å². The highest BCUT2D eigenvalue weighted by Gasteiger charge is 2.35. The number of likely N-dealkylation sites (tertiary alicyclic amines) is 1. The molecule has 0 radical (unpaired) electrons. The van der Waals surface area contributed by atoms with Crippen molar-refractivity contribution in [3.8, 4) is 0 Å². The summed E-state index contributed by atoms with van der Waals surface area (Å²) in [6.07, 6.45) is 4.59. The number of carbonyl (C=O) groups is 1. The Labute approximate surface area is 111 Å². The lowest BCUT2D eigenvalue weighted by atomic mass is 10.0. The molecule has 1 amide bonds. The monoisotopic (exact) mass is 255 g/mol. The lowest BCUT2D eigenvalue weighted by Gasteiger charge is -2.30. The molecule has 0 bridgehead atoms. The molecule has 0 aromatic heterocycles. The molecule has 18 heavy (non-hydrogen) atoms. The second kappa shape index (κ2) is 7.74. The van der Waals surface area contributed by atoms with Crippen LogP contribution in [0.15, 0.2) is 0 Å². The maximum atomic E-state index is 12.1. The van der Waals surface area contributed by atoms with E-state index in [4.69, 9.17) is 5.73 Å². The lowest BCUT2D eigenvalue weighted by molar-refractivity contribution is -0.126. The van der Waals surface area contributed by atoms with Gasteiger partial charge in [-0.2, -0.15) is 0 Å². The van der Waals surface area contributed by atoms with E-state index in [0.717, 1.165) is 25.9 Å². The molecule has 0 saturated carbocycles. The van der Waals surface area contributed by atoms with E-state index in [9.17, 15) is 4.79 Å². The van der Waals surface area contributed by atoms with Crippen LogP contribution in [0, 0.1) is 5.92 Å². The van der Waals surface area contributed by atoms with Crippen molar-refractivity contribution in [2.24, 2.45) is 11.7 Å². The molecule has 0 aromatic rings. The highest BCUT2D eigenvalue weighted by atomic mass is 16.2. The van der Waals surface area contributed by atoms with Crippen LogP contribution in [-0.4, -0.2) is 42.5 Å². The Bertz CT molecular complexity index is 257. The molecule has 1 aliphatic heterocycles. The van der Waals surface area contributed by atoms with E-state index in [0.29, 0.717) is 18.5 Å². The Morgan fingerprint density at radius 2 is 2.22 bits per heavy atom. The summed E-state index contributed by atoms with van der Waals surface area (Å²) in [4.78, 5) is 14.3. The zero-order valence-electron chi connectivity index (χ0n) is 12.1. The van der Waals surface area contributed by atoms with Gasteiger partial charge in [-0.1, -0.05) is 26.7 Å². The summed E-state index contributed by atoms with van der Waals surface area (Å²) in [5.41, 5.74) is 5.82. The fourth-order valence-corrected chi connectivity index (χ4v) is 2.77. The van der Waals surface area contributed by atoms with Gasteiger partial charge in [-0.15, -0.1) is 0 Å². The van der Waals surface area contributed by atoms with E-state index < -0.39 is 0 Å². The highest BCUT2D eigenvalue weighted by Crippen LogP contribution is 2.25. The van der Waals surface area contributed by atoms with Gasteiger partial charge >= 0.3 is 0 Å². The number of hydrogen-bond acceptors (Lipinski definition) is 3. The topological polar surface area (TPSA) is 58.4 Å². The minimum atomic E-state index is -0.0508. The molecular formula is C14H29N3O. The van der Waals surface area contributed by atoms with Crippen molar-refractivity contribution in [2.45, 2.75) is 58.5 Å². The zero-order valence-corrected chi connectivity index (χ0v) is 12.1. The van der Waals surface area contributed by atoms with Crippen LogP contribution >= 0.6 is 0 Å². The Hall–Kier alpha value is -0.610. The number of amides is 1. The third kappa shape index (κ3) is 3.95. The number of unbranched alkanes of at least 4 members (excludes halogenated alkanes) is 2. The Balaban J connectivity index is 2.38. The average molecular weight is 255 g/mol. The van der Waals surface area contributed by atoms with Crippen LogP contribution in [0.3, 0.4) is 0 Å². The molecule has 3 N–H and O–H groups in total. The second-order valence-electron chi connectivity index (χ2n) is 5.48. The van der Waals surface area contributed by atoms with Crippen LogP contribution < -0.4 is 11.1 Å². The number of rotatable bonds is 7. The largest absolute Gasteiger partial charge is 0.355 e. The van der Waals surface area contributed by atoms with Crippen molar-refractivity contribution in [2.75, 3.05) is 19.6 Å². The average Bonchev–Trinajstić information content (AvgIpc) is 2.74. The zero-order chi connectivity index (χ0) is 13.5. The van der Waals surface area contributed by atoms with Gasteiger partial charge in [0.1, 0.15) is 0 Å². The van der Waals surface area contributed by atoms with Gasteiger partial charge in [0.05, 0.1) is 6.04 Å². The molecule has 3 unspecified atom stereocenters. The summed E-state index contributed by atoms with van der Waals surface area (Å²) in [6.45, 7) is 8.83. The van der Waals surface area contributed by atoms with Crippen LogP contribution in [0.5, 0.6) is 0 Å². The van der Waals surface area contributed by atoms with Gasteiger partial charge in [-0.3, -0.25) is 9.69 Å². The molecule has 4 nitrogen and oxygen atoms in total. The van der Waals surface area contributed by atoms with E-state index in [1.54, 1.807) is 0 Å². The maximum absolute atomic E-state index is 12.1. The summed E-state index contributed by atoms with van der Waals surface area (Å²) in [6, 6.07) is 0.312. The van der Waals surface area contributed by atoms with Gasteiger partial charge in [-0.25, -0.2) is 0 Å². The standard InChI is InChI=1S/C14H29N3O/c1-4-5-6-8-16-14(18)12(3)17-9-7-11(2)13(17)10-15/h11-13H,4-10,15H2,1-3H3,(H,16,18). The van der Waals surface area contributed by atoms with Crippen LogP contribution in [0.25, 0.3) is 0 Å². The van der Waals surface area contributed by atoms with Crippen molar-refractivity contribution in [1.82, 2.24) is 10.2 Å². The highest BCUT2D eigenvalue weighted by molar-refractivity contribution is 5.81. The number of nitrogens with zero attached hydrogens (tertiary/aromatic N) is 1. The molecule has 106 valence electrons. The fourth-order valence-electron chi connectivity index (χ4n) is 2.77. The molecule has 1 saturated heterocycles. The SMILES string of the molecule is CCCCCNC(=O)C(C)N1CCC(C)C1CN. The summed E-state index contributed by atoms with van der Waals surface area (Å²) in [5.74, 6) is 0.754. The van der Waals surface area contributed by atoms with Crippen LogP contribution in [-0.2, 0) is 4.79 Å². The summed E-state index contributed by atoms with van der Waals surface area (Å²) >= 11 is 0. The van der Waals surface area contributed by atoms with Gasteiger partial charge in [0.15, 0.2) is 0 Å². The minimum absolute atomic E-state index is 0.0508. The normalized spacial score (nSPS) is 26.2. The van der Waals surface area contributed by atoms with Crippen molar-refractivity contribution in [3.63, 3.8) is 0 Å². The molecule has 1 aliphatic rings. The lowest BCUT2D eigenvalue weighted by Crippen LogP contribution is -2.50. The van der Waals surface area contributed by atoms with E-state index in [1.165, 1.54) is 12.8 Å². The van der Waals surface area contributed by atoms with Crippen molar-refractivity contribution in [3.05, 3.63) is 0 Å². The first kappa shape index (κ1) is 15.4. The van der Waals surface area contributed by atoms with Gasteiger partial charge < -0.3 is 11.1 Å². The molecular weight excluding hydrogens is 226 g/mol. The number of nitrogens with two attached hydrogens (primary N) is 1. The van der Waals surface area contributed by atoms with Gasteiger partial charge in [0.25, 0.3) is 0 Å². The van der Waals surface area contributed by atoms with Crippen molar-refractivity contribution in [1.29, 1.82) is 0 Å². The van der Waals surface area contributed by atoms with E-state index in [-0.39, 0.29) is 11.9 Å². The molecule has 0 aromatic carbocycles. The van der Waals surface area contributed by atoms with Crippen LogP contribution in [0.2, 0.25) is 0 Å². The molecule has 4 heteroatoms. The summed E-state index contributed by atoms with van der Waals surface area (Å²) in [5, 5.41) is 3.03. The second-order valence-corrected chi connectivity index (χ2v) is 5.48. The van der Waals surface area contributed by atoms with Gasteiger partial charge in [-0.05, 0) is 32.2 Å².